The Morgan fingerprint density at radius 3 is 2.64 bits per heavy atom. The van der Waals surface area contributed by atoms with Crippen molar-refractivity contribution in [1.82, 2.24) is 25.4 Å². The molecule has 0 amide bonds. The van der Waals surface area contributed by atoms with Gasteiger partial charge in [-0.15, -0.1) is 34.2 Å². The number of aryl methyl sites for hydroxylation is 1. The highest BCUT2D eigenvalue weighted by atomic mass is 127. The fourth-order valence-electron chi connectivity index (χ4n) is 2.18. The van der Waals surface area contributed by atoms with Crippen molar-refractivity contribution in [2.24, 2.45) is 4.99 Å². The lowest BCUT2D eigenvalue weighted by molar-refractivity contribution is -0.384. The Labute approximate surface area is 163 Å². The van der Waals surface area contributed by atoms with E-state index in [1.165, 1.54) is 12.1 Å². The summed E-state index contributed by atoms with van der Waals surface area (Å²) in [5.41, 5.74) is 1.03. The highest BCUT2D eigenvalue weighted by molar-refractivity contribution is 14.0. The molecule has 0 bridgehead atoms. The summed E-state index contributed by atoms with van der Waals surface area (Å²) >= 11 is 0. The molecule has 0 aliphatic rings. The van der Waals surface area contributed by atoms with Crippen LogP contribution >= 0.6 is 24.0 Å². The zero-order valence-electron chi connectivity index (χ0n) is 14.2. The predicted molar refractivity (Wildman–Crippen MR) is 106 cm³/mol. The van der Waals surface area contributed by atoms with Gasteiger partial charge >= 0.3 is 0 Å². The van der Waals surface area contributed by atoms with Gasteiger partial charge in [0.05, 0.1) is 4.92 Å². The van der Waals surface area contributed by atoms with Crippen LogP contribution in [0.2, 0.25) is 0 Å². The summed E-state index contributed by atoms with van der Waals surface area (Å²) in [6, 6.07) is 6.43. The Balaban J connectivity index is 0.00000312. The molecule has 0 aliphatic heterocycles. The Bertz CT molecular complexity index is 700. The van der Waals surface area contributed by atoms with E-state index in [4.69, 9.17) is 0 Å². The number of nitrogens with zero attached hydrogens (tertiary/aromatic N) is 5. The zero-order valence-corrected chi connectivity index (χ0v) is 16.5. The molecule has 0 unspecified atom stereocenters. The number of aromatic nitrogens is 3. The third-order valence-corrected chi connectivity index (χ3v) is 3.49. The zero-order chi connectivity index (χ0) is 17.4. The van der Waals surface area contributed by atoms with E-state index in [-0.39, 0.29) is 29.7 Å². The lowest BCUT2D eigenvalue weighted by Gasteiger charge is -2.12. The molecule has 9 nitrogen and oxygen atoms in total. The van der Waals surface area contributed by atoms with Crippen LogP contribution in [0.25, 0.3) is 0 Å². The minimum absolute atomic E-state index is 0. The number of guanidine groups is 1. The predicted octanol–water partition coefficient (Wildman–Crippen LogP) is 1.73. The number of non-ortho nitro benzene ring substituents is 1. The average molecular weight is 459 g/mol. The van der Waals surface area contributed by atoms with E-state index in [9.17, 15) is 10.1 Å². The molecule has 136 valence electrons. The van der Waals surface area contributed by atoms with Crippen LogP contribution in [-0.2, 0) is 19.5 Å². The molecule has 25 heavy (non-hydrogen) atoms. The number of halogens is 1. The van der Waals surface area contributed by atoms with Crippen molar-refractivity contribution in [2.45, 2.75) is 26.4 Å². The van der Waals surface area contributed by atoms with Gasteiger partial charge in [-0.2, -0.15) is 0 Å². The second kappa shape index (κ2) is 10.6. The van der Waals surface area contributed by atoms with Crippen LogP contribution in [0.1, 0.15) is 18.3 Å². The number of nitrogens with one attached hydrogen (secondary N) is 2. The number of rotatable bonds is 7. The highest BCUT2D eigenvalue weighted by Crippen LogP contribution is 2.11. The standard InChI is InChI=1S/C15H21N7O2.HI/c1-3-14-20-19-11-21(14)9-8-17-15(16-2)18-10-12-4-6-13(7-5-12)22(23)24;/h4-7,11H,3,8-10H2,1-2H3,(H2,16,17,18);1H. The molecule has 2 N–H and O–H groups in total. The maximum Gasteiger partial charge on any atom is 0.269 e. The largest absolute Gasteiger partial charge is 0.355 e. The van der Waals surface area contributed by atoms with Gasteiger partial charge in [0.15, 0.2) is 5.96 Å². The van der Waals surface area contributed by atoms with Crippen molar-refractivity contribution in [3.05, 3.63) is 52.1 Å². The maximum atomic E-state index is 10.6. The first-order valence-electron chi connectivity index (χ1n) is 7.68. The Hall–Kier alpha value is -2.24. The fourth-order valence-corrected chi connectivity index (χ4v) is 2.18. The molecular weight excluding hydrogens is 437 g/mol. The maximum absolute atomic E-state index is 10.6. The molecule has 1 aromatic heterocycles. The third-order valence-electron chi connectivity index (χ3n) is 3.49. The molecule has 0 saturated heterocycles. The van der Waals surface area contributed by atoms with Crippen LogP contribution in [0.5, 0.6) is 0 Å². The number of hydrogen-bond acceptors (Lipinski definition) is 5. The van der Waals surface area contributed by atoms with Gasteiger partial charge in [-0.1, -0.05) is 19.1 Å². The number of aliphatic imine (C=N–C) groups is 1. The number of hydrogen-bond donors (Lipinski definition) is 2. The summed E-state index contributed by atoms with van der Waals surface area (Å²) < 4.78 is 2.00. The molecule has 1 heterocycles. The Kier molecular flexibility index (Phi) is 8.81. The van der Waals surface area contributed by atoms with Gasteiger partial charge in [0.2, 0.25) is 0 Å². The summed E-state index contributed by atoms with van der Waals surface area (Å²) in [5, 5.41) is 25.0. The topological polar surface area (TPSA) is 110 Å². The number of benzene rings is 1. The van der Waals surface area contributed by atoms with Gasteiger partial charge < -0.3 is 15.2 Å². The molecular formula is C15H22IN7O2. The van der Waals surface area contributed by atoms with Gasteiger partial charge in [-0.25, -0.2) is 0 Å². The normalized spacial score (nSPS) is 10.9. The first-order chi connectivity index (χ1) is 11.6. The molecule has 10 heteroatoms. The molecule has 2 rings (SSSR count). The third kappa shape index (κ3) is 6.29. The second-order valence-corrected chi connectivity index (χ2v) is 5.07. The lowest BCUT2D eigenvalue weighted by atomic mass is 10.2. The monoisotopic (exact) mass is 459 g/mol. The average Bonchev–Trinajstić information content (AvgIpc) is 3.05. The van der Waals surface area contributed by atoms with Crippen molar-refractivity contribution in [1.29, 1.82) is 0 Å². The fraction of sp³-hybridized carbons (Fsp3) is 0.400. The van der Waals surface area contributed by atoms with E-state index in [1.54, 1.807) is 25.5 Å². The van der Waals surface area contributed by atoms with Crippen LogP contribution in [0.3, 0.4) is 0 Å². The smallest absolute Gasteiger partial charge is 0.269 e. The summed E-state index contributed by atoms with van der Waals surface area (Å²) in [6.07, 6.45) is 2.56. The van der Waals surface area contributed by atoms with Gasteiger partial charge in [0.1, 0.15) is 12.2 Å². The quantitative estimate of drug-likeness (QED) is 0.215. The van der Waals surface area contributed by atoms with Crippen molar-refractivity contribution >= 4 is 35.6 Å². The van der Waals surface area contributed by atoms with Gasteiger partial charge in [0, 0.05) is 45.2 Å². The minimum atomic E-state index is -0.410. The highest BCUT2D eigenvalue weighted by Gasteiger charge is 2.05. The second-order valence-electron chi connectivity index (χ2n) is 5.07. The molecule has 0 saturated carbocycles. The molecule has 0 aliphatic carbocycles. The summed E-state index contributed by atoms with van der Waals surface area (Å²) in [6.45, 7) is 4.00. The van der Waals surface area contributed by atoms with E-state index in [1.807, 2.05) is 11.5 Å². The summed E-state index contributed by atoms with van der Waals surface area (Å²) in [5.74, 6) is 1.62. The van der Waals surface area contributed by atoms with Gasteiger partial charge in [-0.3, -0.25) is 15.1 Å². The summed E-state index contributed by atoms with van der Waals surface area (Å²) in [7, 11) is 1.70. The van der Waals surface area contributed by atoms with Crippen LogP contribution in [0.4, 0.5) is 5.69 Å². The van der Waals surface area contributed by atoms with E-state index in [0.717, 1.165) is 24.4 Å². The van der Waals surface area contributed by atoms with Crippen LogP contribution < -0.4 is 10.6 Å². The summed E-state index contributed by atoms with van der Waals surface area (Å²) in [4.78, 5) is 14.4. The molecule has 0 spiro atoms. The number of nitro groups is 1. The molecule has 2 aromatic rings. The van der Waals surface area contributed by atoms with Crippen LogP contribution in [-0.4, -0.2) is 39.2 Å². The van der Waals surface area contributed by atoms with Crippen molar-refractivity contribution in [2.75, 3.05) is 13.6 Å². The van der Waals surface area contributed by atoms with Gasteiger partial charge in [-0.05, 0) is 5.56 Å². The molecule has 0 radical (unpaired) electrons. The van der Waals surface area contributed by atoms with E-state index in [0.29, 0.717) is 19.0 Å². The Morgan fingerprint density at radius 2 is 2.04 bits per heavy atom. The first-order valence-corrected chi connectivity index (χ1v) is 7.68. The van der Waals surface area contributed by atoms with Crippen molar-refractivity contribution < 1.29 is 4.92 Å². The molecule has 0 atom stereocenters. The first kappa shape index (κ1) is 20.8. The van der Waals surface area contributed by atoms with Crippen LogP contribution in [0, 0.1) is 10.1 Å². The van der Waals surface area contributed by atoms with E-state index < -0.39 is 4.92 Å². The van der Waals surface area contributed by atoms with Gasteiger partial charge in [0.25, 0.3) is 5.69 Å². The van der Waals surface area contributed by atoms with Crippen molar-refractivity contribution in [3.8, 4) is 0 Å². The van der Waals surface area contributed by atoms with Crippen molar-refractivity contribution in [3.63, 3.8) is 0 Å². The van der Waals surface area contributed by atoms with E-state index >= 15 is 0 Å². The van der Waals surface area contributed by atoms with E-state index in [2.05, 4.69) is 25.8 Å². The minimum Gasteiger partial charge on any atom is -0.355 e. The SMILES string of the molecule is CCc1nncn1CCNC(=NC)NCc1ccc([N+](=O)[O-])cc1.I. The van der Waals surface area contributed by atoms with Crippen LogP contribution in [0.15, 0.2) is 35.6 Å². The molecule has 1 aromatic carbocycles. The lowest BCUT2D eigenvalue weighted by Crippen LogP contribution is -2.38. The Morgan fingerprint density at radius 1 is 1.32 bits per heavy atom. The molecule has 0 fully saturated rings. The number of nitro benzene ring substituents is 1.